The van der Waals surface area contributed by atoms with Crippen molar-refractivity contribution < 1.29 is 4.79 Å². The molecule has 1 rings (SSSR count). The van der Waals surface area contributed by atoms with Gasteiger partial charge >= 0.3 is 0 Å². The van der Waals surface area contributed by atoms with Gasteiger partial charge in [0.25, 0.3) is 0 Å². The molecule has 2 N–H and O–H groups in total. The third kappa shape index (κ3) is 3.28. The molecule has 0 spiro atoms. The molecule has 0 aliphatic heterocycles. The Morgan fingerprint density at radius 3 is 2.42 bits per heavy atom. The summed E-state index contributed by atoms with van der Waals surface area (Å²) in [5.74, 6) is 0.719. The molecule has 1 aliphatic rings. The average Bonchev–Trinajstić information content (AvgIpc) is 2.33. The van der Waals surface area contributed by atoms with E-state index in [0.29, 0.717) is 10.9 Å². The fourth-order valence-electron chi connectivity index (χ4n) is 2.96. The predicted molar refractivity (Wildman–Crippen MR) is 84.0 cm³/mol. The molecule has 3 nitrogen and oxygen atoms in total. The molecule has 1 atom stereocenters. The molecule has 110 valence electrons. The van der Waals surface area contributed by atoms with Crippen LogP contribution in [0.3, 0.4) is 0 Å². The van der Waals surface area contributed by atoms with E-state index < -0.39 is 5.41 Å². The number of thiocarbonyl (C=S) groups is 1. The highest BCUT2D eigenvalue weighted by Gasteiger charge is 2.52. The van der Waals surface area contributed by atoms with E-state index in [0.717, 1.165) is 38.6 Å². The van der Waals surface area contributed by atoms with Gasteiger partial charge in [0, 0.05) is 12.6 Å². The zero-order valence-corrected chi connectivity index (χ0v) is 13.6. The lowest BCUT2D eigenvalue weighted by molar-refractivity contribution is -0.146. The molecule has 0 radical (unpaired) electrons. The van der Waals surface area contributed by atoms with Crippen molar-refractivity contribution in [1.29, 1.82) is 0 Å². The van der Waals surface area contributed by atoms with Crippen LogP contribution in [0.5, 0.6) is 0 Å². The van der Waals surface area contributed by atoms with Crippen molar-refractivity contribution in [3.8, 4) is 0 Å². The van der Waals surface area contributed by atoms with Crippen LogP contribution in [0.4, 0.5) is 0 Å². The lowest BCUT2D eigenvalue weighted by Gasteiger charge is -2.47. The van der Waals surface area contributed by atoms with Crippen LogP contribution in [0.25, 0.3) is 0 Å². The second-order valence-electron chi connectivity index (χ2n) is 6.07. The third-order valence-corrected chi connectivity index (χ3v) is 4.80. The van der Waals surface area contributed by atoms with Gasteiger partial charge < -0.3 is 10.6 Å². The maximum Gasteiger partial charge on any atom is 0.235 e. The first-order valence-corrected chi connectivity index (χ1v) is 7.90. The molecular formula is C15H28N2OS. The van der Waals surface area contributed by atoms with Crippen LogP contribution in [0, 0.1) is 11.3 Å². The number of carbonyl (C=O) groups is 1. The molecule has 0 aromatic carbocycles. The Balaban J connectivity index is 2.88. The maximum absolute atomic E-state index is 12.9. The highest BCUT2D eigenvalue weighted by Crippen LogP contribution is 2.47. The van der Waals surface area contributed by atoms with Crippen LogP contribution in [0.15, 0.2) is 0 Å². The Labute approximate surface area is 122 Å². The minimum atomic E-state index is -0.550. The Bertz CT molecular complexity index is 337. The van der Waals surface area contributed by atoms with Crippen molar-refractivity contribution in [3.63, 3.8) is 0 Å². The molecule has 1 aliphatic carbocycles. The molecule has 4 heteroatoms. The van der Waals surface area contributed by atoms with Gasteiger partial charge in [-0.15, -0.1) is 0 Å². The summed E-state index contributed by atoms with van der Waals surface area (Å²) < 4.78 is 0. The summed E-state index contributed by atoms with van der Waals surface area (Å²) in [6.07, 6.45) is 4.74. The molecule has 0 aromatic rings. The highest BCUT2D eigenvalue weighted by molar-refractivity contribution is 7.80. The van der Waals surface area contributed by atoms with E-state index in [2.05, 4.69) is 27.7 Å². The lowest BCUT2D eigenvalue weighted by atomic mass is 9.61. The summed E-state index contributed by atoms with van der Waals surface area (Å²) >= 11 is 5.19. The first-order chi connectivity index (χ1) is 8.89. The molecule has 0 heterocycles. The summed E-state index contributed by atoms with van der Waals surface area (Å²) in [5, 5.41) is 0. The summed E-state index contributed by atoms with van der Waals surface area (Å²) in [6, 6.07) is 0.265. The van der Waals surface area contributed by atoms with Crippen molar-refractivity contribution >= 4 is 23.1 Å². The summed E-state index contributed by atoms with van der Waals surface area (Å²) in [4.78, 5) is 15.3. The molecule has 1 amide bonds. The van der Waals surface area contributed by atoms with Gasteiger partial charge in [-0.2, -0.15) is 0 Å². The molecule has 1 unspecified atom stereocenters. The normalized spacial score (nSPS) is 27.5. The highest BCUT2D eigenvalue weighted by atomic mass is 32.1. The Morgan fingerprint density at radius 2 is 2.05 bits per heavy atom. The Morgan fingerprint density at radius 1 is 1.47 bits per heavy atom. The van der Waals surface area contributed by atoms with E-state index in [1.807, 2.05) is 4.90 Å². The number of hydrogen-bond donors (Lipinski definition) is 1. The number of carbonyl (C=O) groups excluding carboxylic acids is 1. The standard InChI is InChI=1S/C15H28N2OS/c1-5-7-8-17(12(4)6-2)14(18)15(13(16)19)9-11(3)10-15/h11-12H,5-10H2,1-4H3,(H2,16,19). The largest absolute Gasteiger partial charge is 0.392 e. The van der Waals surface area contributed by atoms with Crippen LogP contribution in [0.2, 0.25) is 0 Å². The van der Waals surface area contributed by atoms with E-state index in [4.69, 9.17) is 18.0 Å². The number of unbranched alkanes of at least 4 members (excludes halogenated alkanes) is 1. The zero-order chi connectivity index (χ0) is 14.6. The molecule has 1 fully saturated rings. The van der Waals surface area contributed by atoms with Crippen molar-refractivity contribution in [2.45, 2.75) is 65.8 Å². The van der Waals surface area contributed by atoms with E-state index in [1.165, 1.54) is 0 Å². The smallest absolute Gasteiger partial charge is 0.235 e. The second kappa shape index (κ2) is 6.69. The summed E-state index contributed by atoms with van der Waals surface area (Å²) in [7, 11) is 0. The lowest BCUT2D eigenvalue weighted by Crippen LogP contribution is -2.58. The predicted octanol–water partition coefficient (Wildman–Crippen LogP) is 3.12. The number of hydrogen-bond acceptors (Lipinski definition) is 2. The van der Waals surface area contributed by atoms with Gasteiger partial charge in [-0.05, 0) is 38.5 Å². The van der Waals surface area contributed by atoms with Gasteiger partial charge in [-0.25, -0.2) is 0 Å². The van der Waals surface area contributed by atoms with Crippen LogP contribution in [-0.4, -0.2) is 28.4 Å². The maximum atomic E-state index is 12.9. The first-order valence-electron chi connectivity index (χ1n) is 7.50. The Hall–Kier alpha value is -0.640. The van der Waals surface area contributed by atoms with E-state index in [1.54, 1.807) is 0 Å². The van der Waals surface area contributed by atoms with E-state index in [9.17, 15) is 4.79 Å². The van der Waals surface area contributed by atoms with E-state index in [-0.39, 0.29) is 11.9 Å². The molecular weight excluding hydrogens is 256 g/mol. The monoisotopic (exact) mass is 284 g/mol. The van der Waals surface area contributed by atoms with E-state index >= 15 is 0 Å². The number of rotatable bonds is 7. The molecule has 0 bridgehead atoms. The van der Waals surface area contributed by atoms with Crippen LogP contribution < -0.4 is 5.73 Å². The summed E-state index contributed by atoms with van der Waals surface area (Å²) in [6.45, 7) is 9.36. The minimum absolute atomic E-state index is 0.168. The van der Waals surface area contributed by atoms with Crippen LogP contribution in [-0.2, 0) is 4.79 Å². The van der Waals surface area contributed by atoms with Gasteiger partial charge in [0.2, 0.25) is 5.91 Å². The molecule has 0 aromatic heterocycles. The molecule has 19 heavy (non-hydrogen) atoms. The molecule has 1 saturated carbocycles. The van der Waals surface area contributed by atoms with Crippen molar-refractivity contribution in [1.82, 2.24) is 4.90 Å². The van der Waals surface area contributed by atoms with Gasteiger partial charge in [-0.3, -0.25) is 4.79 Å². The fourth-order valence-corrected chi connectivity index (χ4v) is 3.21. The van der Waals surface area contributed by atoms with Crippen molar-refractivity contribution in [2.24, 2.45) is 17.1 Å². The number of nitrogens with zero attached hydrogens (tertiary/aromatic N) is 1. The number of nitrogens with two attached hydrogens (primary N) is 1. The topological polar surface area (TPSA) is 46.3 Å². The second-order valence-corrected chi connectivity index (χ2v) is 6.51. The average molecular weight is 284 g/mol. The third-order valence-electron chi connectivity index (χ3n) is 4.41. The van der Waals surface area contributed by atoms with Gasteiger partial charge in [0.05, 0.1) is 10.4 Å². The quantitative estimate of drug-likeness (QED) is 0.731. The van der Waals surface area contributed by atoms with Crippen LogP contribution >= 0.6 is 12.2 Å². The van der Waals surface area contributed by atoms with Crippen molar-refractivity contribution in [3.05, 3.63) is 0 Å². The van der Waals surface area contributed by atoms with Crippen molar-refractivity contribution in [2.75, 3.05) is 6.54 Å². The van der Waals surface area contributed by atoms with Gasteiger partial charge in [0.15, 0.2) is 0 Å². The SMILES string of the molecule is CCCCN(C(=O)C1(C(N)=S)CC(C)C1)C(C)CC. The fraction of sp³-hybridized carbons (Fsp3) is 0.867. The van der Waals surface area contributed by atoms with Gasteiger partial charge in [0.1, 0.15) is 0 Å². The first kappa shape index (κ1) is 16.4. The zero-order valence-electron chi connectivity index (χ0n) is 12.7. The minimum Gasteiger partial charge on any atom is -0.392 e. The molecule has 0 saturated heterocycles. The van der Waals surface area contributed by atoms with Gasteiger partial charge in [-0.1, -0.05) is 39.4 Å². The summed E-state index contributed by atoms with van der Waals surface area (Å²) in [5.41, 5.74) is 5.34. The Kier molecular flexibility index (Phi) is 5.78. The van der Waals surface area contributed by atoms with Crippen LogP contribution in [0.1, 0.15) is 59.8 Å². The number of amides is 1.